The maximum absolute atomic E-state index is 12.4. The number of hydrogen-bond donors (Lipinski definition) is 0. The Bertz CT molecular complexity index is 774. The number of aryl methyl sites for hydroxylation is 1. The quantitative estimate of drug-likeness (QED) is 0.463. The first-order valence-corrected chi connectivity index (χ1v) is 7.56. The van der Waals surface area contributed by atoms with Gasteiger partial charge in [-0.15, -0.1) is 4.68 Å². The van der Waals surface area contributed by atoms with Gasteiger partial charge in [0.2, 0.25) is 0 Å². The molecule has 2 heterocycles. The van der Waals surface area contributed by atoms with Gasteiger partial charge in [0.05, 0.1) is 17.8 Å². The zero-order valence-electron chi connectivity index (χ0n) is 13.0. The molecule has 2 rings (SSSR count). The Kier molecular flexibility index (Phi) is 5.22. The highest BCUT2D eigenvalue weighted by atomic mass is 35.5. The van der Waals surface area contributed by atoms with Crippen molar-refractivity contribution in [3.63, 3.8) is 0 Å². The van der Waals surface area contributed by atoms with Crippen molar-refractivity contribution in [2.75, 3.05) is 6.61 Å². The lowest BCUT2D eigenvalue weighted by Crippen LogP contribution is -2.36. The van der Waals surface area contributed by atoms with Gasteiger partial charge in [-0.05, 0) is 20.3 Å². The van der Waals surface area contributed by atoms with Gasteiger partial charge in [0.25, 0.3) is 0 Å². The molecular formula is C14H15ClF3N3O3. The zero-order valence-corrected chi connectivity index (χ0v) is 13.7. The smallest absolute Gasteiger partial charge is 0.389 e. The van der Waals surface area contributed by atoms with Crippen molar-refractivity contribution in [3.05, 3.63) is 27.7 Å². The van der Waals surface area contributed by atoms with E-state index in [0.29, 0.717) is 4.73 Å². The molecule has 0 unspecified atom stereocenters. The van der Waals surface area contributed by atoms with Crippen LogP contribution in [0.4, 0.5) is 13.2 Å². The molecule has 0 fully saturated rings. The molecule has 0 bridgehead atoms. The molecule has 2 aromatic heterocycles. The van der Waals surface area contributed by atoms with Crippen LogP contribution >= 0.6 is 11.6 Å². The third-order valence-electron chi connectivity index (χ3n) is 3.44. The number of carbonyl (C=O) groups is 1. The summed E-state index contributed by atoms with van der Waals surface area (Å²) < 4.78 is 43.2. The lowest BCUT2D eigenvalue weighted by atomic mass is 10.1. The Hall–Kier alpha value is -2.03. The molecule has 10 heteroatoms. The van der Waals surface area contributed by atoms with E-state index in [1.54, 1.807) is 6.92 Å². The molecule has 0 aromatic carbocycles. The number of ether oxygens (including phenoxy) is 1. The van der Waals surface area contributed by atoms with Gasteiger partial charge in [0.1, 0.15) is 23.2 Å². The van der Waals surface area contributed by atoms with E-state index in [0.717, 1.165) is 4.68 Å². The fourth-order valence-electron chi connectivity index (χ4n) is 2.34. The lowest BCUT2D eigenvalue weighted by Gasteiger charge is -2.14. The number of esters is 1. The minimum atomic E-state index is -4.28. The number of hydrogen-bond acceptors (Lipinski definition) is 4. The lowest BCUT2D eigenvalue weighted by molar-refractivity contribution is -0.587. The van der Waals surface area contributed by atoms with Crippen molar-refractivity contribution in [1.29, 1.82) is 0 Å². The summed E-state index contributed by atoms with van der Waals surface area (Å²) in [5, 5.41) is 16.5. The van der Waals surface area contributed by atoms with E-state index in [4.69, 9.17) is 16.3 Å². The van der Waals surface area contributed by atoms with Crippen molar-refractivity contribution in [1.82, 2.24) is 9.78 Å². The summed E-state index contributed by atoms with van der Waals surface area (Å²) in [6, 6.07) is 0. The van der Waals surface area contributed by atoms with E-state index in [1.165, 1.54) is 13.1 Å². The van der Waals surface area contributed by atoms with Crippen LogP contribution in [0.15, 0.2) is 6.20 Å². The molecule has 0 aliphatic rings. The number of rotatable bonds is 5. The highest BCUT2D eigenvalue weighted by molar-refractivity contribution is 6.38. The summed E-state index contributed by atoms with van der Waals surface area (Å²) in [5.41, 5.74) is -0.0629. The summed E-state index contributed by atoms with van der Waals surface area (Å²) in [4.78, 5) is 12.0. The van der Waals surface area contributed by atoms with Crippen molar-refractivity contribution >= 4 is 28.6 Å². The van der Waals surface area contributed by atoms with E-state index in [-0.39, 0.29) is 46.9 Å². The predicted molar refractivity (Wildman–Crippen MR) is 79.7 cm³/mol. The number of nitrogens with zero attached hydrogens (tertiary/aromatic N) is 3. The molecule has 132 valence electrons. The summed E-state index contributed by atoms with van der Waals surface area (Å²) in [7, 11) is 0. The van der Waals surface area contributed by atoms with E-state index >= 15 is 0 Å². The third kappa shape index (κ3) is 3.55. The van der Waals surface area contributed by atoms with Crippen LogP contribution in [0.3, 0.4) is 0 Å². The van der Waals surface area contributed by atoms with Crippen LogP contribution in [0.2, 0.25) is 5.02 Å². The Labute approximate surface area is 140 Å². The molecule has 0 N–H and O–H groups in total. The molecule has 0 saturated heterocycles. The number of pyridine rings is 1. The molecule has 2 aromatic rings. The third-order valence-corrected chi connectivity index (χ3v) is 3.83. The van der Waals surface area contributed by atoms with Crippen LogP contribution in [0, 0.1) is 12.1 Å². The van der Waals surface area contributed by atoms with Crippen LogP contribution in [0.1, 0.15) is 35.8 Å². The minimum Gasteiger partial charge on any atom is -0.710 e. The first-order valence-electron chi connectivity index (χ1n) is 7.18. The van der Waals surface area contributed by atoms with Crippen molar-refractivity contribution < 1.29 is 27.4 Å². The van der Waals surface area contributed by atoms with Crippen LogP contribution < -0.4 is 4.73 Å². The average molecular weight is 366 g/mol. The monoisotopic (exact) mass is 365 g/mol. The molecule has 24 heavy (non-hydrogen) atoms. The van der Waals surface area contributed by atoms with Gasteiger partial charge in [0.15, 0.2) is 0 Å². The number of alkyl halides is 3. The standard InChI is InChI=1S/C14H15ClF3N3O3/c1-3-24-13(22)10-8(2)21(23)12-9(11(10)15)7-19-20(12)6-4-5-14(16,17)18/h7H,3-6H2,1-2H3. The first-order chi connectivity index (χ1) is 11.2. The Morgan fingerprint density at radius 2 is 2.17 bits per heavy atom. The molecule has 0 saturated carbocycles. The molecule has 0 aliphatic carbocycles. The largest absolute Gasteiger partial charge is 0.710 e. The first kappa shape index (κ1) is 18.3. The van der Waals surface area contributed by atoms with Gasteiger partial charge in [0, 0.05) is 6.42 Å². The van der Waals surface area contributed by atoms with Gasteiger partial charge in [-0.1, -0.05) is 16.7 Å². The highest BCUT2D eigenvalue weighted by Gasteiger charge is 2.29. The second-order valence-electron chi connectivity index (χ2n) is 5.11. The normalized spacial score (nSPS) is 11.9. The van der Waals surface area contributed by atoms with Crippen LogP contribution in [0.25, 0.3) is 11.0 Å². The maximum atomic E-state index is 12.4. The zero-order chi connectivity index (χ0) is 18.1. The highest BCUT2D eigenvalue weighted by Crippen LogP contribution is 2.28. The predicted octanol–water partition coefficient (Wildman–Crippen LogP) is 3.15. The minimum absolute atomic E-state index is 0.00326. The Morgan fingerprint density at radius 3 is 2.75 bits per heavy atom. The molecular weight excluding hydrogens is 351 g/mol. The topological polar surface area (TPSA) is 71.1 Å². The summed E-state index contributed by atoms with van der Waals surface area (Å²) in [6.07, 6.45) is -4.24. The Balaban J connectivity index is 2.44. The number of fused-ring (bicyclic) bond motifs is 1. The van der Waals surface area contributed by atoms with Crippen molar-refractivity contribution in [2.45, 2.75) is 39.4 Å². The second-order valence-corrected chi connectivity index (χ2v) is 5.49. The van der Waals surface area contributed by atoms with E-state index in [2.05, 4.69) is 5.10 Å². The number of aromatic nitrogens is 3. The summed E-state index contributed by atoms with van der Waals surface area (Å²) >= 11 is 6.18. The van der Waals surface area contributed by atoms with Gasteiger partial charge >= 0.3 is 17.8 Å². The van der Waals surface area contributed by atoms with Crippen LogP contribution in [-0.2, 0) is 11.3 Å². The molecule has 0 atom stereocenters. The Morgan fingerprint density at radius 1 is 1.50 bits per heavy atom. The van der Waals surface area contributed by atoms with Crippen molar-refractivity contribution in [3.8, 4) is 0 Å². The van der Waals surface area contributed by atoms with Gasteiger partial charge in [-0.3, -0.25) is 0 Å². The summed E-state index contributed by atoms with van der Waals surface area (Å²) in [5.74, 6) is -0.740. The molecule has 0 amide bonds. The van der Waals surface area contributed by atoms with Gasteiger partial charge in [-0.25, -0.2) is 9.52 Å². The molecule has 0 spiro atoms. The van der Waals surface area contributed by atoms with Gasteiger partial charge < -0.3 is 9.94 Å². The molecule has 0 radical (unpaired) electrons. The number of carbonyl (C=O) groups excluding carboxylic acids is 1. The fourth-order valence-corrected chi connectivity index (χ4v) is 2.68. The van der Waals surface area contributed by atoms with Crippen LogP contribution in [-0.4, -0.2) is 28.5 Å². The second kappa shape index (κ2) is 6.84. The SMILES string of the molecule is CCOC(=O)c1c(Cl)c2cnn(CCCC(F)(F)F)c2[n+]([O-])c1C. The average Bonchev–Trinajstić information content (AvgIpc) is 2.88. The maximum Gasteiger partial charge on any atom is 0.389 e. The van der Waals surface area contributed by atoms with E-state index in [9.17, 15) is 23.2 Å². The molecule has 6 nitrogen and oxygen atoms in total. The van der Waals surface area contributed by atoms with E-state index in [1.807, 2.05) is 0 Å². The number of halogens is 4. The molecule has 0 aliphatic heterocycles. The summed E-state index contributed by atoms with van der Waals surface area (Å²) in [6.45, 7) is 3.02. The van der Waals surface area contributed by atoms with Gasteiger partial charge in [-0.2, -0.15) is 13.2 Å². The van der Waals surface area contributed by atoms with E-state index < -0.39 is 18.6 Å². The van der Waals surface area contributed by atoms with Crippen molar-refractivity contribution in [2.24, 2.45) is 0 Å². The van der Waals surface area contributed by atoms with Crippen LogP contribution in [0.5, 0.6) is 0 Å². The fraction of sp³-hybridized carbons (Fsp3) is 0.500.